The highest BCUT2D eigenvalue weighted by Gasteiger charge is 2.34. The average molecular weight is 366 g/mol. The topological polar surface area (TPSA) is 67.9 Å². The summed E-state index contributed by atoms with van der Waals surface area (Å²) in [7, 11) is 2.94. The summed E-state index contributed by atoms with van der Waals surface area (Å²) in [5.41, 5.74) is 2.77. The Morgan fingerprint density at radius 1 is 1.15 bits per heavy atom. The second kappa shape index (κ2) is 7.95. The van der Waals surface area contributed by atoms with Crippen LogP contribution in [0.15, 0.2) is 65.9 Å². The largest absolute Gasteiger partial charge is 0.489 e. The number of urea groups is 1. The first-order valence-corrected chi connectivity index (χ1v) is 8.61. The zero-order chi connectivity index (χ0) is 19.4. The van der Waals surface area contributed by atoms with Gasteiger partial charge in [-0.15, -0.1) is 0 Å². The lowest BCUT2D eigenvalue weighted by atomic mass is 9.95. The summed E-state index contributed by atoms with van der Waals surface area (Å²) in [6, 6.07) is 16.3. The number of ether oxygens (including phenoxy) is 2. The normalized spacial score (nSPS) is 16.8. The van der Waals surface area contributed by atoms with Gasteiger partial charge in [0.2, 0.25) is 0 Å². The van der Waals surface area contributed by atoms with Crippen molar-refractivity contribution < 1.29 is 19.1 Å². The summed E-state index contributed by atoms with van der Waals surface area (Å²) in [6.45, 7) is 2.16. The van der Waals surface area contributed by atoms with Crippen LogP contribution in [0.2, 0.25) is 0 Å². The van der Waals surface area contributed by atoms with E-state index >= 15 is 0 Å². The van der Waals surface area contributed by atoms with Crippen LogP contribution in [0.25, 0.3) is 0 Å². The van der Waals surface area contributed by atoms with Crippen LogP contribution in [0.5, 0.6) is 5.75 Å². The molecule has 0 aromatic heterocycles. The summed E-state index contributed by atoms with van der Waals surface area (Å²) < 4.78 is 10.8. The van der Waals surface area contributed by atoms with E-state index in [4.69, 9.17) is 9.47 Å². The molecule has 1 aliphatic heterocycles. The van der Waals surface area contributed by atoms with E-state index in [-0.39, 0.29) is 6.03 Å². The number of carbonyl (C=O) groups is 2. The lowest BCUT2D eigenvalue weighted by Crippen LogP contribution is -2.46. The predicted octanol–water partition coefficient (Wildman–Crippen LogP) is 3.41. The van der Waals surface area contributed by atoms with Crippen LogP contribution in [0.3, 0.4) is 0 Å². The van der Waals surface area contributed by atoms with Crippen LogP contribution in [0, 0.1) is 0 Å². The third kappa shape index (κ3) is 3.95. The number of methoxy groups -OCH3 is 1. The monoisotopic (exact) mass is 366 g/mol. The summed E-state index contributed by atoms with van der Waals surface area (Å²) in [4.78, 5) is 26.0. The van der Waals surface area contributed by atoms with Crippen LogP contribution in [0.4, 0.5) is 4.79 Å². The average Bonchev–Trinajstić information content (AvgIpc) is 2.70. The first-order chi connectivity index (χ1) is 13.0. The predicted molar refractivity (Wildman–Crippen MR) is 101 cm³/mol. The van der Waals surface area contributed by atoms with Crippen molar-refractivity contribution in [2.24, 2.45) is 0 Å². The Bertz CT molecular complexity index is 877. The van der Waals surface area contributed by atoms with Gasteiger partial charge >= 0.3 is 12.0 Å². The van der Waals surface area contributed by atoms with Gasteiger partial charge in [-0.2, -0.15) is 0 Å². The number of rotatable bonds is 5. The van der Waals surface area contributed by atoms with Crippen LogP contribution in [0.1, 0.15) is 24.1 Å². The molecule has 1 atom stereocenters. The summed E-state index contributed by atoms with van der Waals surface area (Å²) in [6.07, 6.45) is 0. The van der Waals surface area contributed by atoms with E-state index in [1.807, 2.05) is 54.6 Å². The molecule has 6 nitrogen and oxygen atoms in total. The van der Waals surface area contributed by atoms with Gasteiger partial charge in [0.15, 0.2) is 0 Å². The number of benzene rings is 2. The lowest BCUT2D eigenvalue weighted by Gasteiger charge is -2.33. The molecule has 1 unspecified atom stereocenters. The van der Waals surface area contributed by atoms with Crippen LogP contribution in [-0.2, 0) is 16.1 Å². The fraction of sp³-hybridized carbons (Fsp3) is 0.238. The number of nitrogens with one attached hydrogen (secondary N) is 1. The summed E-state index contributed by atoms with van der Waals surface area (Å²) in [5.74, 6) is 0.186. The van der Waals surface area contributed by atoms with Gasteiger partial charge in [-0.3, -0.25) is 0 Å². The van der Waals surface area contributed by atoms with Gasteiger partial charge in [0, 0.05) is 12.7 Å². The van der Waals surface area contributed by atoms with Crippen molar-refractivity contribution in [3.05, 3.63) is 77.0 Å². The number of esters is 1. The van der Waals surface area contributed by atoms with Gasteiger partial charge in [-0.05, 0) is 30.2 Å². The van der Waals surface area contributed by atoms with E-state index in [2.05, 4.69) is 5.32 Å². The Labute approximate surface area is 158 Å². The molecule has 0 spiro atoms. The molecule has 6 heteroatoms. The Morgan fingerprint density at radius 3 is 2.59 bits per heavy atom. The fourth-order valence-electron chi connectivity index (χ4n) is 2.98. The minimum atomic E-state index is -0.596. The quantitative estimate of drug-likeness (QED) is 0.824. The molecule has 2 aromatic rings. The van der Waals surface area contributed by atoms with Crippen molar-refractivity contribution >= 4 is 12.0 Å². The third-order valence-corrected chi connectivity index (χ3v) is 4.60. The number of hydrogen-bond acceptors (Lipinski definition) is 4. The Hall–Kier alpha value is -3.28. The standard InChI is InChI=1S/C21H22N2O4/c1-14-18(20(24)26-3)19(22-21(25)23(14)2)16-10-7-11-17(12-16)27-13-15-8-5-4-6-9-15/h4-12,19H,13H2,1-3H3,(H,22,25). The van der Waals surface area contributed by atoms with E-state index in [1.165, 1.54) is 12.0 Å². The van der Waals surface area contributed by atoms with Gasteiger partial charge in [-0.25, -0.2) is 9.59 Å². The Morgan fingerprint density at radius 2 is 1.89 bits per heavy atom. The molecule has 2 amide bonds. The molecule has 0 aliphatic carbocycles. The van der Waals surface area contributed by atoms with Crippen molar-refractivity contribution in [2.45, 2.75) is 19.6 Å². The van der Waals surface area contributed by atoms with Crippen LogP contribution >= 0.6 is 0 Å². The highest BCUT2D eigenvalue weighted by atomic mass is 16.5. The minimum absolute atomic E-state index is 0.277. The molecular formula is C21H22N2O4. The van der Waals surface area contributed by atoms with E-state index in [0.717, 1.165) is 11.1 Å². The van der Waals surface area contributed by atoms with E-state index < -0.39 is 12.0 Å². The zero-order valence-corrected chi connectivity index (χ0v) is 15.6. The lowest BCUT2D eigenvalue weighted by molar-refractivity contribution is -0.136. The van der Waals surface area contributed by atoms with E-state index in [9.17, 15) is 9.59 Å². The van der Waals surface area contributed by atoms with E-state index in [1.54, 1.807) is 14.0 Å². The van der Waals surface area contributed by atoms with Crippen LogP contribution < -0.4 is 10.1 Å². The van der Waals surface area contributed by atoms with Gasteiger partial charge in [0.1, 0.15) is 12.4 Å². The maximum absolute atomic E-state index is 12.3. The van der Waals surface area contributed by atoms with Crippen molar-refractivity contribution in [3.63, 3.8) is 0 Å². The minimum Gasteiger partial charge on any atom is -0.489 e. The molecular weight excluding hydrogens is 344 g/mol. The Kier molecular flexibility index (Phi) is 5.45. The first kappa shape index (κ1) is 18.5. The summed E-state index contributed by atoms with van der Waals surface area (Å²) in [5, 5.41) is 2.85. The number of nitrogens with zero attached hydrogens (tertiary/aromatic N) is 1. The maximum Gasteiger partial charge on any atom is 0.337 e. The molecule has 0 bridgehead atoms. The molecule has 0 fully saturated rings. The smallest absolute Gasteiger partial charge is 0.337 e. The maximum atomic E-state index is 12.3. The molecule has 0 saturated heterocycles. The summed E-state index contributed by atoms with van der Waals surface area (Å²) >= 11 is 0. The van der Waals surface area contributed by atoms with Crippen LogP contribution in [-0.4, -0.2) is 31.1 Å². The molecule has 2 aromatic carbocycles. The Balaban J connectivity index is 1.88. The number of amides is 2. The van der Waals surface area contributed by atoms with Crippen molar-refractivity contribution in [2.75, 3.05) is 14.2 Å². The van der Waals surface area contributed by atoms with E-state index in [0.29, 0.717) is 23.6 Å². The molecule has 1 N–H and O–H groups in total. The highest BCUT2D eigenvalue weighted by molar-refractivity contribution is 5.94. The van der Waals surface area contributed by atoms with Gasteiger partial charge < -0.3 is 19.7 Å². The van der Waals surface area contributed by atoms with Gasteiger partial charge in [0.25, 0.3) is 0 Å². The molecule has 1 heterocycles. The molecule has 27 heavy (non-hydrogen) atoms. The third-order valence-electron chi connectivity index (χ3n) is 4.60. The van der Waals surface area contributed by atoms with Gasteiger partial charge in [0.05, 0.1) is 18.7 Å². The van der Waals surface area contributed by atoms with Crippen molar-refractivity contribution in [3.8, 4) is 5.75 Å². The molecule has 0 saturated carbocycles. The van der Waals surface area contributed by atoms with Crippen molar-refractivity contribution in [1.82, 2.24) is 10.2 Å². The fourth-order valence-corrected chi connectivity index (χ4v) is 2.98. The number of hydrogen-bond donors (Lipinski definition) is 1. The molecule has 3 rings (SSSR count). The molecule has 1 aliphatic rings. The second-order valence-electron chi connectivity index (χ2n) is 6.28. The second-order valence-corrected chi connectivity index (χ2v) is 6.28. The molecule has 0 radical (unpaired) electrons. The molecule has 140 valence electrons. The number of allylic oxidation sites excluding steroid dienone is 1. The SMILES string of the molecule is COC(=O)C1=C(C)N(C)C(=O)NC1c1cccc(OCc2ccccc2)c1. The number of carbonyl (C=O) groups excluding carboxylic acids is 2. The zero-order valence-electron chi connectivity index (χ0n) is 15.6. The first-order valence-electron chi connectivity index (χ1n) is 8.61. The highest BCUT2D eigenvalue weighted by Crippen LogP contribution is 2.32. The van der Waals surface area contributed by atoms with Gasteiger partial charge in [-0.1, -0.05) is 42.5 Å². The van der Waals surface area contributed by atoms with Crippen molar-refractivity contribution in [1.29, 1.82) is 0 Å².